The molecule has 2 unspecified atom stereocenters. The highest BCUT2D eigenvalue weighted by molar-refractivity contribution is 5.96. The molecule has 3 aliphatic rings. The molecular formula is C39H55N9O3. The van der Waals surface area contributed by atoms with Crippen LogP contribution in [0.3, 0.4) is 0 Å². The van der Waals surface area contributed by atoms with Crippen LogP contribution in [0.15, 0.2) is 55.0 Å². The minimum absolute atomic E-state index is 0.0379. The zero-order valence-electron chi connectivity index (χ0n) is 31.0. The maximum Gasteiger partial charge on any atom is 0.241 e. The molecule has 0 spiro atoms. The first-order chi connectivity index (χ1) is 24.5. The van der Waals surface area contributed by atoms with Crippen molar-refractivity contribution in [3.63, 3.8) is 0 Å². The first-order valence-corrected chi connectivity index (χ1v) is 18.5. The van der Waals surface area contributed by atoms with Gasteiger partial charge in [-0.2, -0.15) is 0 Å². The van der Waals surface area contributed by atoms with Crippen molar-refractivity contribution < 1.29 is 14.7 Å². The predicted molar refractivity (Wildman–Crippen MR) is 200 cm³/mol. The number of aromatic nitrogens is 3. The van der Waals surface area contributed by atoms with Crippen molar-refractivity contribution >= 4 is 23.2 Å². The quantitative estimate of drug-likeness (QED) is 0.292. The van der Waals surface area contributed by atoms with Crippen molar-refractivity contribution in [2.24, 2.45) is 0 Å². The topological polar surface area (TPSA) is 121 Å². The van der Waals surface area contributed by atoms with E-state index in [2.05, 4.69) is 77.8 Å². The van der Waals surface area contributed by atoms with Crippen molar-refractivity contribution in [3.05, 3.63) is 77.6 Å². The van der Waals surface area contributed by atoms with E-state index in [4.69, 9.17) is 9.97 Å². The van der Waals surface area contributed by atoms with E-state index < -0.39 is 5.54 Å². The number of aliphatic hydroxyl groups is 1. The summed E-state index contributed by atoms with van der Waals surface area (Å²) in [7, 11) is 0. The molecule has 0 saturated carbocycles. The van der Waals surface area contributed by atoms with E-state index in [0.717, 1.165) is 67.6 Å². The summed E-state index contributed by atoms with van der Waals surface area (Å²) in [6.45, 7) is 18.5. The van der Waals surface area contributed by atoms with Gasteiger partial charge in [-0.3, -0.25) is 39.2 Å². The van der Waals surface area contributed by atoms with Crippen molar-refractivity contribution in [1.29, 1.82) is 0 Å². The van der Waals surface area contributed by atoms with Gasteiger partial charge in [0.25, 0.3) is 0 Å². The molecule has 3 saturated heterocycles. The second kappa shape index (κ2) is 16.2. The SMILES string of the molecule is CC(C)c1ccc(CN2CCN(CCO)C(CC(C)c3ccc(N4CCN(C(C)(C)c5ccc(N6CCNCC6=O)cn5)CC4=O)cn3)C2)cn1. The molecular weight excluding hydrogens is 642 g/mol. The molecule has 6 rings (SSSR count). The van der Waals surface area contributed by atoms with Crippen LogP contribution < -0.4 is 15.1 Å². The number of piperazine rings is 3. The molecule has 51 heavy (non-hydrogen) atoms. The van der Waals surface area contributed by atoms with Crippen LogP contribution in [0, 0.1) is 0 Å². The number of carbonyl (C=O) groups is 2. The molecule has 3 aromatic heterocycles. The first kappa shape index (κ1) is 37.0. The number of β-amino-alcohol motifs (C(OH)–C–C–N with tert-alkyl or cyclic N) is 1. The number of carbonyl (C=O) groups excluding carboxylic acids is 2. The standard InChI is InChI=1S/C39H55N9O3/c1-28(2)34-9-6-30(21-41-34)25-44-14-15-45(18-19-49)33(26-44)20-29(3)35-10-7-31(22-42-35)48-17-16-46(27-38(48)51)39(4,5)36-11-8-32(23-43-36)47-13-12-40-24-37(47)50/h6-11,21-23,28-29,33,40,49H,12-20,24-27H2,1-5H3. The van der Waals surface area contributed by atoms with E-state index in [1.165, 1.54) is 5.56 Å². The second-order valence-electron chi connectivity index (χ2n) is 15.1. The summed E-state index contributed by atoms with van der Waals surface area (Å²) in [6, 6.07) is 12.7. The first-order valence-electron chi connectivity index (χ1n) is 18.5. The maximum atomic E-state index is 13.5. The van der Waals surface area contributed by atoms with Crippen molar-refractivity contribution in [2.45, 2.75) is 71.0 Å². The van der Waals surface area contributed by atoms with Crippen LogP contribution >= 0.6 is 0 Å². The smallest absolute Gasteiger partial charge is 0.241 e. The Hall–Kier alpha value is -3.81. The number of hydrogen-bond acceptors (Lipinski definition) is 10. The van der Waals surface area contributed by atoms with E-state index in [1.54, 1.807) is 11.1 Å². The van der Waals surface area contributed by atoms with Crippen LogP contribution in [0.1, 0.15) is 75.5 Å². The lowest BCUT2D eigenvalue weighted by Crippen LogP contribution is -2.56. The summed E-state index contributed by atoms with van der Waals surface area (Å²) in [5, 5.41) is 12.9. The fourth-order valence-corrected chi connectivity index (χ4v) is 7.63. The van der Waals surface area contributed by atoms with Crippen LogP contribution in [-0.2, 0) is 21.7 Å². The van der Waals surface area contributed by atoms with Gasteiger partial charge >= 0.3 is 0 Å². The number of nitrogens with one attached hydrogen (secondary N) is 1. The molecule has 274 valence electrons. The Morgan fingerprint density at radius 3 is 2.20 bits per heavy atom. The van der Waals surface area contributed by atoms with E-state index in [9.17, 15) is 14.7 Å². The van der Waals surface area contributed by atoms with Gasteiger partial charge in [-0.1, -0.05) is 26.8 Å². The van der Waals surface area contributed by atoms with Crippen LogP contribution in [0.5, 0.6) is 0 Å². The second-order valence-corrected chi connectivity index (χ2v) is 15.1. The Kier molecular flexibility index (Phi) is 11.8. The Labute approximate surface area is 302 Å². The van der Waals surface area contributed by atoms with Gasteiger partial charge < -0.3 is 20.2 Å². The number of anilines is 2. The van der Waals surface area contributed by atoms with Crippen LogP contribution in [0.2, 0.25) is 0 Å². The van der Waals surface area contributed by atoms with E-state index in [0.29, 0.717) is 44.7 Å². The van der Waals surface area contributed by atoms with E-state index in [1.807, 2.05) is 35.5 Å². The monoisotopic (exact) mass is 697 g/mol. The average Bonchev–Trinajstić information content (AvgIpc) is 3.13. The number of hydrogen-bond donors (Lipinski definition) is 2. The molecule has 0 bridgehead atoms. The summed E-state index contributed by atoms with van der Waals surface area (Å²) >= 11 is 0. The van der Waals surface area contributed by atoms with E-state index in [-0.39, 0.29) is 30.9 Å². The maximum absolute atomic E-state index is 13.5. The minimum Gasteiger partial charge on any atom is -0.395 e. The van der Waals surface area contributed by atoms with Gasteiger partial charge in [0.15, 0.2) is 0 Å². The third-order valence-corrected chi connectivity index (χ3v) is 10.9. The van der Waals surface area contributed by atoms with Gasteiger partial charge in [-0.15, -0.1) is 0 Å². The molecule has 0 aliphatic carbocycles. The van der Waals surface area contributed by atoms with Gasteiger partial charge in [0.2, 0.25) is 11.8 Å². The normalized spacial score (nSPS) is 20.7. The van der Waals surface area contributed by atoms with Gasteiger partial charge in [0.05, 0.1) is 54.7 Å². The lowest BCUT2D eigenvalue weighted by atomic mass is 9.94. The number of nitrogens with zero attached hydrogens (tertiary/aromatic N) is 8. The Morgan fingerprint density at radius 1 is 0.843 bits per heavy atom. The number of amides is 2. The Bertz CT molecular complexity index is 1610. The van der Waals surface area contributed by atoms with Gasteiger partial charge in [-0.05, 0) is 68.0 Å². The zero-order chi connectivity index (χ0) is 36.1. The highest BCUT2D eigenvalue weighted by Gasteiger charge is 2.37. The van der Waals surface area contributed by atoms with Gasteiger partial charge in [0, 0.05) is 82.5 Å². The predicted octanol–water partition coefficient (Wildman–Crippen LogP) is 3.19. The van der Waals surface area contributed by atoms with Crippen molar-refractivity contribution in [3.8, 4) is 0 Å². The van der Waals surface area contributed by atoms with Crippen LogP contribution in [-0.4, -0.2) is 125 Å². The Balaban J connectivity index is 1.04. The molecule has 6 heterocycles. The molecule has 2 N–H and O–H groups in total. The van der Waals surface area contributed by atoms with Gasteiger partial charge in [0.1, 0.15) is 0 Å². The summed E-state index contributed by atoms with van der Waals surface area (Å²) in [5.41, 5.74) is 5.39. The molecule has 0 aromatic carbocycles. The number of pyridine rings is 3. The molecule has 12 nitrogen and oxygen atoms in total. The largest absolute Gasteiger partial charge is 0.395 e. The number of rotatable bonds is 12. The molecule has 2 amide bonds. The van der Waals surface area contributed by atoms with Crippen molar-refractivity contribution in [1.82, 2.24) is 35.0 Å². The third-order valence-electron chi connectivity index (χ3n) is 10.9. The molecule has 12 heteroatoms. The average molecular weight is 698 g/mol. The van der Waals surface area contributed by atoms with Gasteiger partial charge in [-0.25, -0.2) is 0 Å². The zero-order valence-corrected chi connectivity index (χ0v) is 31.0. The fourth-order valence-electron chi connectivity index (χ4n) is 7.63. The van der Waals surface area contributed by atoms with Crippen molar-refractivity contribution in [2.75, 3.05) is 81.9 Å². The lowest BCUT2D eigenvalue weighted by Gasteiger charge is -2.43. The Morgan fingerprint density at radius 2 is 1.57 bits per heavy atom. The van der Waals surface area contributed by atoms with E-state index >= 15 is 0 Å². The third kappa shape index (κ3) is 8.64. The molecule has 0 radical (unpaired) electrons. The summed E-state index contributed by atoms with van der Waals surface area (Å²) < 4.78 is 0. The summed E-state index contributed by atoms with van der Waals surface area (Å²) in [4.78, 5) is 50.8. The fraction of sp³-hybridized carbons (Fsp3) is 0.564. The molecule has 3 fully saturated rings. The minimum atomic E-state index is -0.459. The van der Waals surface area contributed by atoms with Crippen LogP contribution in [0.4, 0.5) is 11.4 Å². The summed E-state index contributed by atoms with van der Waals surface area (Å²) in [5.74, 6) is 0.723. The lowest BCUT2D eigenvalue weighted by molar-refractivity contribution is -0.123. The summed E-state index contributed by atoms with van der Waals surface area (Å²) in [6.07, 6.45) is 6.56. The number of aliphatic hydroxyl groups excluding tert-OH is 1. The molecule has 2 atom stereocenters. The van der Waals surface area contributed by atoms with Crippen LogP contribution in [0.25, 0.3) is 0 Å². The molecule has 3 aliphatic heterocycles. The highest BCUT2D eigenvalue weighted by atomic mass is 16.3. The molecule has 3 aromatic rings. The highest BCUT2D eigenvalue weighted by Crippen LogP contribution is 2.31.